The number of unbranched alkanes of at least 4 members (excludes halogenated alkanes) is 1. The van der Waals surface area contributed by atoms with Crippen LogP contribution in [0.5, 0.6) is 0 Å². The normalized spacial score (nSPS) is 15.6. The lowest BCUT2D eigenvalue weighted by Crippen LogP contribution is -2.20. The van der Waals surface area contributed by atoms with E-state index in [4.69, 9.17) is 0 Å². The fourth-order valence-corrected chi connectivity index (χ4v) is 2.37. The van der Waals surface area contributed by atoms with Gasteiger partial charge in [-0.05, 0) is 33.2 Å². The van der Waals surface area contributed by atoms with Crippen LogP contribution in [0.25, 0.3) is 0 Å². The molecule has 13 heavy (non-hydrogen) atoms. The Morgan fingerprint density at radius 1 is 1.31 bits per heavy atom. The molecule has 0 aliphatic heterocycles. The SMILES string of the molecule is CCCS(=O)CCCCC(C)NC. The number of nitrogens with one attached hydrogen (secondary N) is 1. The molecule has 0 aromatic rings. The smallest absolute Gasteiger partial charge is 0.0234 e. The van der Waals surface area contributed by atoms with Crippen LogP contribution in [0.4, 0.5) is 0 Å². The minimum atomic E-state index is -0.557. The van der Waals surface area contributed by atoms with Crippen LogP contribution in [0.1, 0.15) is 39.5 Å². The van der Waals surface area contributed by atoms with Crippen molar-refractivity contribution in [2.24, 2.45) is 0 Å². The molecule has 0 bridgehead atoms. The lowest BCUT2D eigenvalue weighted by Gasteiger charge is -2.08. The average Bonchev–Trinajstić information content (AvgIpc) is 2.12. The Balaban J connectivity index is 3.20. The van der Waals surface area contributed by atoms with E-state index >= 15 is 0 Å². The maximum Gasteiger partial charge on any atom is 0.0234 e. The second kappa shape index (κ2) is 8.70. The van der Waals surface area contributed by atoms with Gasteiger partial charge < -0.3 is 5.32 Å². The van der Waals surface area contributed by atoms with Gasteiger partial charge in [-0.2, -0.15) is 0 Å². The zero-order valence-corrected chi connectivity index (χ0v) is 9.95. The van der Waals surface area contributed by atoms with Gasteiger partial charge in [0.1, 0.15) is 0 Å². The molecule has 0 saturated carbocycles. The van der Waals surface area contributed by atoms with Crippen LogP contribution in [-0.2, 0) is 10.8 Å². The second-order valence-electron chi connectivity index (χ2n) is 3.53. The number of hydrogen-bond donors (Lipinski definition) is 1. The summed E-state index contributed by atoms with van der Waals surface area (Å²) in [5.41, 5.74) is 0. The van der Waals surface area contributed by atoms with Crippen LogP contribution < -0.4 is 5.32 Å². The molecule has 1 N–H and O–H groups in total. The third-order valence-electron chi connectivity index (χ3n) is 2.18. The molecule has 0 aliphatic rings. The molecule has 0 spiro atoms. The quantitative estimate of drug-likeness (QED) is 0.613. The second-order valence-corrected chi connectivity index (χ2v) is 5.23. The van der Waals surface area contributed by atoms with Crippen molar-refractivity contribution in [2.75, 3.05) is 18.6 Å². The van der Waals surface area contributed by atoms with Crippen molar-refractivity contribution in [3.05, 3.63) is 0 Å². The van der Waals surface area contributed by atoms with Gasteiger partial charge in [0.2, 0.25) is 0 Å². The monoisotopic (exact) mass is 205 g/mol. The zero-order valence-electron chi connectivity index (χ0n) is 9.14. The predicted octanol–water partition coefficient (Wildman–Crippen LogP) is 1.92. The maximum absolute atomic E-state index is 11.3. The molecule has 2 nitrogen and oxygen atoms in total. The average molecular weight is 205 g/mol. The van der Waals surface area contributed by atoms with Crippen LogP contribution in [0.2, 0.25) is 0 Å². The van der Waals surface area contributed by atoms with Crippen LogP contribution >= 0.6 is 0 Å². The predicted molar refractivity (Wildman–Crippen MR) is 60.5 cm³/mol. The first-order chi connectivity index (χ1) is 6.20. The molecule has 2 unspecified atom stereocenters. The van der Waals surface area contributed by atoms with E-state index in [0.717, 1.165) is 24.3 Å². The highest BCUT2D eigenvalue weighted by Gasteiger charge is 2.00. The third kappa shape index (κ3) is 8.44. The van der Waals surface area contributed by atoms with Crippen molar-refractivity contribution >= 4 is 10.8 Å². The van der Waals surface area contributed by atoms with E-state index in [1.54, 1.807) is 0 Å². The highest BCUT2D eigenvalue weighted by atomic mass is 32.2. The molecule has 0 radical (unpaired) electrons. The summed E-state index contributed by atoms with van der Waals surface area (Å²) < 4.78 is 11.3. The lowest BCUT2D eigenvalue weighted by molar-refractivity contribution is 0.537. The van der Waals surface area contributed by atoms with Crippen molar-refractivity contribution < 1.29 is 4.21 Å². The van der Waals surface area contributed by atoms with Crippen LogP contribution in [-0.4, -0.2) is 28.8 Å². The first-order valence-corrected chi connectivity index (χ1v) is 6.71. The van der Waals surface area contributed by atoms with Crippen LogP contribution in [0, 0.1) is 0 Å². The number of hydrogen-bond acceptors (Lipinski definition) is 2. The van der Waals surface area contributed by atoms with E-state index in [9.17, 15) is 4.21 Å². The standard InChI is InChI=1S/C10H23NOS/c1-4-8-13(12)9-6-5-7-10(2)11-3/h10-11H,4-9H2,1-3H3. The summed E-state index contributed by atoms with van der Waals surface area (Å²) in [5, 5.41) is 3.20. The summed E-state index contributed by atoms with van der Waals surface area (Å²) in [5.74, 6) is 1.77. The molecule has 0 heterocycles. The number of rotatable bonds is 8. The fraction of sp³-hybridized carbons (Fsp3) is 1.00. The molecule has 0 rings (SSSR count). The Hall–Kier alpha value is 0.110. The minimum Gasteiger partial charge on any atom is -0.317 e. The lowest BCUT2D eigenvalue weighted by atomic mass is 10.1. The van der Waals surface area contributed by atoms with Crippen molar-refractivity contribution in [1.82, 2.24) is 5.32 Å². The minimum absolute atomic E-state index is 0.557. The van der Waals surface area contributed by atoms with E-state index in [2.05, 4.69) is 19.2 Å². The van der Waals surface area contributed by atoms with Gasteiger partial charge in [-0.1, -0.05) is 13.3 Å². The van der Waals surface area contributed by atoms with Gasteiger partial charge in [0.15, 0.2) is 0 Å². The largest absolute Gasteiger partial charge is 0.317 e. The van der Waals surface area contributed by atoms with Gasteiger partial charge in [0, 0.05) is 28.3 Å². The maximum atomic E-state index is 11.3. The molecule has 0 aromatic carbocycles. The highest BCUT2D eigenvalue weighted by molar-refractivity contribution is 7.84. The van der Waals surface area contributed by atoms with Gasteiger partial charge in [-0.25, -0.2) is 0 Å². The first-order valence-electron chi connectivity index (χ1n) is 5.23. The van der Waals surface area contributed by atoms with Gasteiger partial charge in [-0.15, -0.1) is 0 Å². The van der Waals surface area contributed by atoms with Crippen LogP contribution in [0.3, 0.4) is 0 Å². The van der Waals surface area contributed by atoms with Crippen molar-refractivity contribution in [3.63, 3.8) is 0 Å². The van der Waals surface area contributed by atoms with E-state index < -0.39 is 10.8 Å². The molecule has 2 atom stereocenters. The van der Waals surface area contributed by atoms with Gasteiger partial charge in [0.05, 0.1) is 0 Å². The van der Waals surface area contributed by atoms with E-state index in [1.165, 1.54) is 12.8 Å². The van der Waals surface area contributed by atoms with E-state index in [-0.39, 0.29) is 0 Å². The highest BCUT2D eigenvalue weighted by Crippen LogP contribution is 2.01. The molecule has 0 aromatic heterocycles. The van der Waals surface area contributed by atoms with Gasteiger partial charge >= 0.3 is 0 Å². The first kappa shape index (κ1) is 13.1. The molecule has 80 valence electrons. The van der Waals surface area contributed by atoms with E-state index in [0.29, 0.717) is 6.04 Å². The molecular weight excluding hydrogens is 182 g/mol. The molecule has 0 fully saturated rings. The molecule has 0 aliphatic carbocycles. The summed E-state index contributed by atoms with van der Waals surface area (Å²) in [4.78, 5) is 0. The molecular formula is C10H23NOS. The Labute approximate surface area is 84.9 Å². The topological polar surface area (TPSA) is 29.1 Å². The summed E-state index contributed by atoms with van der Waals surface area (Å²) >= 11 is 0. The molecule has 3 heteroatoms. The summed E-state index contributed by atoms with van der Waals surface area (Å²) in [6, 6.07) is 0.597. The van der Waals surface area contributed by atoms with Gasteiger partial charge in [0.25, 0.3) is 0 Å². The van der Waals surface area contributed by atoms with Crippen molar-refractivity contribution in [2.45, 2.75) is 45.6 Å². The Morgan fingerprint density at radius 3 is 2.54 bits per heavy atom. The van der Waals surface area contributed by atoms with Crippen molar-refractivity contribution in [3.8, 4) is 0 Å². The fourth-order valence-electron chi connectivity index (χ4n) is 1.19. The molecule has 0 amide bonds. The summed E-state index contributed by atoms with van der Waals surface area (Å²) in [6.07, 6.45) is 4.54. The Bertz CT molecular complexity index is 139. The van der Waals surface area contributed by atoms with Crippen LogP contribution in [0.15, 0.2) is 0 Å². The summed E-state index contributed by atoms with van der Waals surface area (Å²) in [6.45, 7) is 4.27. The Morgan fingerprint density at radius 2 is 2.00 bits per heavy atom. The Kier molecular flexibility index (Phi) is 8.77. The molecule has 0 saturated heterocycles. The van der Waals surface area contributed by atoms with Crippen molar-refractivity contribution in [1.29, 1.82) is 0 Å². The third-order valence-corrected chi connectivity index (χ3v) is 3.79. The summed E-state index contributed by atoms with van der Waals surface area (Å²) in [7, 11) is 1.43. The zero-order chi connectivity index (χ0) is 10.1. The van der Waals surface area contributed by atoms with Gasteiger partial charge in [-0.3, -0.25) is 4.21 Å². The van der Waals surface area contributed by atoms with E-state index in [1.807, 2.05) is 7.05 Å².